The molecule has 3 aromatic rings. The lowest BCUT2D eigenvalue weighted by molar-refractivity contribution is 0.780. The Kier molecular flexibility index (Phi) is 4.03. The predicted octanol–water partition coefficient (Wildman–Crippen LogP) is 4.24. The number of hydrogen-bond donors (Lipinski definition) is 1. The van der Waals surface area contributed by atoms with Gasteiger partial charge in [-0.05, 0) is 55.5 Å². The van der Waals surface area contributed by atoms with Crippen LogP contribution in [0.4, 0.5) is 5.82 Å². The fourth-order valence-electron chi connectivity index (χ4n) is 3.30. The van der Waals surface area contributed by atoms with E-state index in [1.54, 1.807) is 6.20 Å². The van der Waals surface area contributed by atoms with Crippen LogP contribution in [0.3, 0.4) is 0 Å². The number of benzene rings is 1. The molecule has 24 heavy (non-hydrogen) atoms. The quantitative estimate of drug-likeness (QED) is 0.785. The van der Waals surface area contributed by atoms with Crippen LogP contribution in [0.2, 0.25) is 0 Å². The molecular formula is C20H22N4. The van der Waals surface area contributed by atoms with Crippen molar-refractivity contribution >= 4 is 5.82 Å². The zero-order valence-electron chi connectivity index (χ0n) is 14.0. The highest BCUT2D eigenvalue weighted by molar-refractivity contribution is 5.70. The van der Waals surface area contributed by atoms with Gasteiger partial charge >= 0.3 is 0 Å². The fourth-order valence-corrected chi connectivity index (χ4v) is 3.30. The number of hydrogen-bond acceptors (Lipinski definition) is 3. The second-order valence-corrected chi connectivity index (χ2v) is 6.23. The predicted molar refractivity (Wildman–Crippen MR) is 97.6 cm³/mol. The Morgan fingerprint density at radius 3 is 2.75 bits per heavy atom. The first-order chi connectivity index (χ1) is 11.9. The van der Waals surface area contributed by atoms with Crippen LogP contribution >= 0.6 is 0 Å². The van der Waals surface area contributed by atoms with Crippen molar-refractivity contribution in [2.75, 3.05) is 11.9 Å². The Hall–Kier alpha value is -2.62. The molecule has 0 amide bonds. The lowest BCUT2D eigenvalue weighted by atomic mass is 10.1. The Bertz CT molecular complexity index is 819. The van der Waals surface area contributed by atoms with Gasteiger partial charge in [0.15, 0.2) is 0 Å². The largest absolute Gasteiger partial charge is 0.370 e. The number of anilines is 1. The second-order valence-electron chi connectivity index (χ2n) is 6.23. The first-order valence-corrected chi connectivity index (χ1v) is 8.72. The number of aryl methyl sites for hydroxylation is 1. The average molecular weight is 318 g/mol. The van der Waals surface area contributed by atoms with E-state index in [4.69, 9.17) is 5.10 Å². The van der Waals surface area contributed by atoms with Gasteiger partial charge in [0.1, 0.15) is 5.82 Å². The van der Waals surface area contributed by atoms with Gasteiger partial charge in [0.2, 0.25) is 0 Å². The smallest absolute Gasteiger partial charge is 0.133 e. The number of nitrogens with zero attached hydrogens (tertiary/aromatic N) is 3. The highest BCUT2D eigenvalue weighted by Crippen LogP contribution is 2.33. The van der Waals surface area contributed by atoms with E-state index in [9.17, 15) is 0 Å². The average Bonchev–Trinajstić information content (AvgIpc) is 2.84. The summed E-state index contributed by atoms with van der Waals surface area (Å²) in [5.41, 5.74) is 5.89. The van der Waals surface area contributed by atoms with Crippen molar-refractivity contribution in [3.8, 4) is 16.9 Å². The Labute approximate surface area is 142 Å². The number of aromatic nitrogens is 3. The minimum absolute atomic E-state index is 0.998. The molecule has 2 aromatic heterocycles. The van der Waals surface area contributed by atoms with Crippen LogP contribution < -0.4 is 5.32 Å². The van der Waals surface area contributed by atoms with Crippen LogP contribution in [0.1, 0.15) is 30.9 Å². The summed E-state index contributed by atoms with van der Waals surface area (Å²) in [6, 6.07) is 12.7. The summed E-state index contributed by atoms with van der Waals surface area (Å²) in [5.74, 6) is 1.13. The van der Waals surface area contributed by atoms with Gasteiger partial charge in [-0.15, -0.1) is 0 Å². The van der Waals surface area contributed by atoms with Crippen LogP contribution in [-0.2, 0) is 12.8 Å². The molecule has 0 atom stereocenters. The van der Waals surface area contributed by atoms with E-state index >= 15 is 0 Å². The van der Waals surface area contributed by atoms with Crippen LogP contribution in [0, 0.1) is 0 Å². The summed E-state index contributed by atoms with van der Waals surface area (Å²) in [4.78, 5) is 4.27. The Balaban J connectivity index is 1.86. The highest BCUT2D eigenvalue weighted by atomic mass is 15.3. The third-order valence-electron chi connectivity index (χ3n) is 4.65. The molecule has 122 valence electrons. The van der Waals surface area contributed by atoms with Gasteiger partial charge in [0.05, 0.1) is 11.4 Å². The van der Waals surface area contributed by atoms with E-state index < -0.39 is 0 Å². The van der Waals surface area contributed by atoms with Crippen LogP contribution in [0.25, 0.3) is 16.9 Å². The minimum Gasteiger partial charge on any atom is -0.370 e. The lowest BCUT2D eigenvalue weighted by Crippen LogP contribution is -2.07. The maximum Gasteiger partial charge on any atom is 0.133 e. The third-order valence-corrected chi connectivity index (χ3v) is 4.65. The van der Waals surface area contributed by atoms with Crippen molar-refractivity contribution in [2.24, 2.45) is 0 Å². The summed E-state index contributed by atoms with van der Waals surface area (Å²) in [7, 11) is 0. The Morgan fingerprint density at radius 2 is 2.00 bits per heavy atom. The molecule has 0 radical (unpaired) electrons. The van der Waals surface area contributed by atoms with E-state index in [0.717, 1.165) is 42.1 Å². The topological polar surface area (TPSA) is 42.7 Å². The first kappa shape index (κ1) is 14.9. The summed E-state index contributed by atoms with van der Waals surface area (Å²) in [6.45, 7) is 3.18. The van der Waals surface area contributed by atoms with Gasteiger partial charge in [-0.1, -0.05) is 19.1 Å². The SMILES string of the molecule is CCc1ccc(-n2nc(-c3cccnc3)c3c2NCCCC3)cc1. The van der Waals surface area contributed by atoms with Gasteiger partial charge in [0, 0.05) is 30.1 Å². The van der Waals surface area contributed by atoms with Gasteiger partial charge in [-0.3, -0.25) is 4.98 Å². The zero-order chi connectivity index (χ0) is 16.4. The number of nitrogens with one attached hydrogen (secondary N) is 1. The molecule has 0 unspecified atom stereocenters. The number of fused-ring (bicyclic) bond motifs is 1. The van der Waals surface area contributed by atoms with E-state index in [-0.39, 0.29) is 0 Å². The lowest BCUT2D eigenvalue weighted by Gasteiger charge is -2.09. The molecule has 4 nitrogen and oxygen atoms in total. The highest BCUT2D eigenvalue weighted by Gasteiger charge is 2.21. The van der Waals surface area contributed by atoms with Crippen molar-refractivity contribution in [1.29, 1.82) is 0 Å². The second kappa shape index (κ2) is 6.48. The summed E-state index contributed by atoms with van der Waals surface area (Å²) in [5, 5.41) is 8.53. The monoisotopic (exact) mass is 318 g/mol. The van der Waals surface area contributed by atoms with Gasteiger partial charge in [-0.25, -0.2) is 4.68 Å². The standard InChI is InChI=1S/C20H22N4/c1-2-15-8-10-17(11-9-15)24-20-18(7-3-4-13-22-20)19(23-24)16-6-5-12-21-14-16/h5-6,8-12,14,22H,2-4,7,13H2,1H3. The molecule has 1 aromatic carbocycles. The number of rotatable bonds is 3. The van der Waals surface area contributed by atoms with Crippen LogP contribution in [0.5, 0.6) is 0 Å². The molecule has 0 fully saturated rings. The molecule has 1 N–H and O–H groups in total. The Morgan fingerprint density at radius 1 is 1.12 bits per heavy atom. The fraction of sp³-hybridized carbons (Fsp3) is 0.300. The van der Waals surface area contributed by atoms with Crippen LogP contribution in [-0.4, -0.2) is 21.3 Å². The van der Waals surface area contributed by atoms with E-state index in [1.165, 1.54) is 24.0 Å². The number of pyridine rings is 1. The van der Waals surface area contributed by atoms with Gasteiger partial charge in [0.25, 0.3) is 0 Å². The van der Waals surface area contributed by atoms with E-state index in [1.807, 2.05) is 12.3 Å². The molecule has 0 bridgehead atoms. The first-order valence-electron chi connectivity index (χ1n) is 8.72. The molecule has 1 aliphatic heterocycles. The van der Waals surface area contributed by atoms with Crippen molar-refractivity contribution in [3.63, 3.8) is 0 Å². The molecule has 0 spiro atoms. The molecular weight excluding hydrogens is 296 g/mol. The van der Waals surface area contributed by atoms with Crippen molar-refractivity contribution in [3.05, 3.63) is 59.9 Å². The van der Waals surface area contributed by atoms with Crippen LogP contribution in [0.15, 0.2) is 48.8 Å². The van der Waals surface area contributed by atoms with E-state index in [2.05, 4.69) is 52.2 Å². The summed E-state index contributed by atoms with van der Waals surface area (Å²) in [6.07, 6.45) is 8.19. The van der Waals surface area contributed by atoms with Crippen molar-refractivity contribution < 1.29 is 0 Å². The van der Waals surface area contributed by atoms with Gasteiger partial charge in [-0.2, -0.15) is 5.10 Å². The molecule has 1 aliphatic rings. The minimum atomic E-state index is 0.998. The molecule has 4 rings (SSSR count). The molecule has 0 saturated heterocycles. The summed E-state index contributed by atoms with van der Waals surface area (Å²) < 4.78 is 2.06. The van der Waals surface area contributed by atoms with E-state index in [0.29, 0.717) is 0 Å². The van der Waals surface area contributed by atoms with Gasteiger partial charge < -0.3 is 5.32 Å². The molecule has 0 saturated carbocycles. The zero-order valence-corrected chi connectivity index (χ0v) is 14.0. The molecule has 4 heteroatoms. The maximum absolute atomic E-state index is 4.94. The molecule has 3 heterocycles. The van der Waals surface area contributed by atoms with Crippen molar-refractivity contribution in [1.82, 2.24) is 14.8 Å². The maximum atomic E-state index is 4.94. The molecule has 0 aliphatic carbocycles. The van der Waals surface area contributed by atoms with Crippen molar-refractivity contribution in [2.45, 2.75) is 32.6 Å². The third kappa shape index (κ3) is 2.68. The summed E-state index contributed by atoms with van der Waals surface area (Å²) >= 11 is 0. The normalized spacial score (nSPS) is 13.9.